The van der Waals surface area contributed by atoms with Crippen molar-refractivity contribution in [2.75, 3.05) is 5.33 Å². The first-order valence-electron chi connectivity index (χ1n) is 5.55. The van der Waals surface area contributed by atoms with Crippen molar-refractivity contribution in [2.45, 2.75) is 32.1 Å². The summed E-state index contributed by atoms with van der Waals surface area (Å²) in [6.07, 6.45) is 6.63. The molecule has 1 aromatic carbocycles. The van der Waals surface area contributed by atoms with Crippen molar-refractivity contribution in [1.29, 1.82) is 0 Å². The molecular weight excluding hydrogens is 272 g/mol. The van der Waals surface area contributed by atoms with Crippen LogP contribution in [0.15, 0.2) is 24.3 Å². The zero-order valence-electron chi connectivity index (χ0n) is 8.81. The third-order valence-corrected chi connectivity index (χ3v) is 4.84. The molecule has 0 aliphatic heterocycles. The van der Waals surface area contributed by atoms with Crippen LogP contribution >= 0.6 is 27.5 Å². The van der Waals surface area contributed by atoms with Gasteiger partial charge in [0, 0.05) is 10.4 Å². The van der Waals surface area contributed by atoms with Gasteiger partial charge in [0.05, 0.1) is 0 Å². The summed E-state index contributed by atoms with van der Waals surface area (Å²) >= 11 is 9.68. The molecule has 0 spiro atoms. The predicted octanol–water partition coefficient (Wildman–Crippen LogP) is 4.84. The van der Waals surface area contributed by atoms with Gasteiger partial charge in [-0.3, -0.25) is 0 Å². The van der Waals surface area contributed by atoms with Crippen molar-refractivity contribution < 1.29 is 0 Å². The second-order valence-electron chi connectivity index (χ2n) is 4.65. The van der Waals surface area contributed by atoms with Crippen molar-refractivity contribution in [3.63, 3.8) is 0 Å². The molecule has 2 rings (SSSR count). The smallest absolute Gasteiger partial charge is 0.0408 e. The maximum atomic E-state index is 6.01. The summed E-state index contributed by atoms with van der Waals surface area (Å²) in [7, 11) is 0. The average Bonchev–Trinajstić information content (AvgIpc) is 2.67. The van der Waals surface area contributed by atoms with Gasteiger partial charge in [-0.2, -0.15) is 0 Å². The molecule has 1 aliphatic rings. The minimum Gasteiger partial charge on any atom is -0.0922 e. The molecule has 0 bridgehead atoms. The number of halogens is 2. The van der Waals surface area contributed by atoms with Gasteiger partial charge in [0.15, 0.2) is 0 Å². The van der Waals surface area contributed by atoms with Gasteiger partial charge in [0.2, 0.25) is 0 Å². The molecule has 0 nitrogen and oxygen atoms in total. The molecule has 0 radical (unpaired) electrons. The molecule has 15 heavy (non-hydrogen) atoms. The Bertz CT molecular complexity index is 329. The molecule has 1 saturated carbocycles. The average molecular weight is 288 g/mol. The lowest BCUT2D eigenvalue weighted by Crippen LogP contribution is -2.21. The van der Waals surface area contributed by atoms with Gasteiger partial charge in [-0.1, -0.05) is 52.5 Å². The minimum atomic E-state index is 0.491. The molecular formula is C13H16BrCl. The van der Waals surface area contributed by atoms with E-state index in [0.717, 1.165) is 10.4 Å². The first kappa shape index (κ1) is 11.5. The lowest BCUT2D eigenvalue weighted by molar-refractivity contribution is 0.346. The van der Waals surface area contributed by atoms with Gasteiger partial charge in [-0.05, 0) is 42.4 Å². The number of alkyl halides is 1. The van der Waals surface area contributed by atoms with Crippen LogP contribution in [0.2, 0.25) is 5.02 Å². The van der Waals surface area contributed by atoms with Crippen LogP contribution in [0, 0.1) is 5.41 Å². The molecule has 0 unspecified atom stereocenters. The van der Waals surface area contributed by atoms with E-state index in [2.05, 4.69) is 34.1 Å². The van der Waals surface area contributed by atoms with Gasteiger partial charge in [0.1, 0.15) is 0 Å². The highest BCUT2D eigenvalue weighted by atomic mass is 79.9. The molecule has 1 aromatic rings. The van der Waals surface area contributed by atoms with Crippen LogP contribution in [0.5, 0.6) is 0 Å². The summed E-state index contributed by atoms with van der Waals surface area (Å²) in [4.78, 5) is 0. The van der Waals surface area contributed by atoms with Crippen LogP contribution in [0.1, 0.15) is 31.2 Å². The lowest BCUT2D eigenvalue weighted by atomic mass is 9.82. The van der Waals surface area contributed by atoms with Gasteiger partial charge in [-0.25, -0.2) is 0 Å². The molecule has 1 aliphatic carbocycles. The summed E-state index contributed by atoms with van der Waals surface area (Å²) in [5, 5.41) is 1.97. The van der Waals surface area contributed by atoms with Crippen molar-refractivity contribution in [1.82, 2.24) is 0 Å². The fourth-order valence-electron chi connectivity index (χ4n) is 2.56. The van der Waals surface area contributed by atoms with Crippen molar-refractivity contribution in [3.05, 3.63) is 34.9 Å². The maximum absolute atomic E-state index is 6.01. The Labute approximate surface area is 105 Å². The highest BCUT2D eigenvalue weighted by molar-refractivity contribution is 9.09. The van der Waals surface area contributed by atoms with Crippen LogP contribution in [0.4, 0.5) is 0 Å². The first-order chi connectivity index (χ1) is 7.24. The Morgan fingerprint density at radius 1 is 1.27 bits per heavy atom. The van der Waals surface area contributed by atoms with Gasteiger partial charge >= 0.3 is 0 Å². The van der Waals surface area contributed by atoms with E-state index in [-0.39, 0.29) is 0 Å². The molecule has 2 heteroatoms. The van der Waals surface area contributed by atoms with Crippen LogP contribution in [0.25, 0.3) is 0 Å². The summed E-state index contributed by atoms with van der Waals surface area (Å²) in [6.45, 7) is 0. The van der Waals surface area contributed by atoms with E-state index in [4.69, 9.17) is 11.6 Å². The summed E-state index contributed by atoms with van der Waals surface area (Å²) in [6, 6.07) is 8.29. The van der Waals surface area contributed by atoms with Crippen LogP contribution in [-0.2, 0) is 6.42 Å². The van der Waals surface area contributed by atoms with Crippen LogP contribution < -0.4 is 0 Å². The highest BCUT2D eigenvalue weighted by Gasteiger charge is 2.32. The van der Waals surface area contributed by atoms with Crippen LogP contribution in [-0.4, -0.2) is 5.33 Å². The summed E-state index contributed by atoms with van der Waals surface area (Å²) in [5.74, 6) is 0. The first-order valence-corrected chi connectivity index (χ1v) is 7.04. The SMILES string of the molecule is Clc1cccc(CC2(CBr)CCCC2)c1. The fraction of sp³-hybridized carbons (Fsp3) is 0.538. The van der Waals surface area contributed by atoms with Gasteiger partial charge in [0.25, 0.3) is 0 Å². The molecule has 0 atom stereocenters. The Balaban J connectivity index is 2.12. The second kappa shape index (κ2) is 4.88. The molecule has 0 heterocycles. The zero-order chi connectivity index (χ0) is 10.7. The Morgan fingerprint density at radius 2 is 2.00 bits per heavy atom. The molecule has 1 fully saturated rings. The minimum absolute atomic E-state index is 0.491. The Hall–Kier alpha value is -0.0100. The van der Waals surface area contributed by atoms with Gasteiger partial charge in [-0.15, -0.1) is 0 Å². The monoisotopic (exact) mass is 286 g/mol. The maximum Gasteiger partial charge on any atom is 0.0408 e. The molecule has 0 amide bonds. The van der Waals surface area contributed by atoms with Crippen molar-refractivity contribution in [3.8, 4) is 0 Å². The van der Waals surface area contributed by atoms with Crippen LogP contribution in [0.3, 0.4) is 0 Å². The van der Waals surface area contributed by atoms with Gasteiger partial charge < -0.3 is 0 Å². The quantitative estimate of drug-likeness (QED) is 0.698. The van der Waals surface area contributed by atoms with E-state index in [1.54, 1.807) is 0 Å². The van der Waals surface area contributed by atoms with E-state index >= 15 is 0 Å². The highest BCUT2D eigenvalue weighted by Crippen LogP contribution is 2.42. The Kier molecular flexibility index (Phi) is 3.73. The third kappa shape index (κ3) is 2.76. The zero-order valence-corrected chi connectivity index (χ0v) is 11.1. The van der Waals surface area contributed by atoms with E-state index in [1.165, 1.54) is 37.7 Å². The topological polar surface area (TPSA) is 0 Å². The number of benzene rings is 1. The fourth-order valence-corrected chi connectivity index (χ4v) is 3.53. The molecule has 0 saturated heterocycles. The van der Waals surface area contributed by atoms with E-state index in [9.17, 15) is 0 Å². The van der Waals surface area contributed by atoms with E-state index in [0.29, 0.717) is 5.41 Å². The predicted molar refractivity (Wildman–Crippen MR) is 69.9 cm³/mol. The number of hydrogen-bond donors (Lipinski definition) is 0. The molecule has 0 aromatic heterocycles. The standard InChI is InChI=1S/C13H16BrCl/c14-10-13(6-1-2-7-13)9-11-4-3-5-12(15)8-11/h3-5,8H,1-2,6-7,9-10H2. The second-order valence-corrected chi connectivity index (χ2v) is 5.64. The lowest BCUT2D eigenvalue weighted by Gasteiger charge is -2.26. The number of hydrogen-bond acceptors (Lipinski definition) is 0. The molecule has 0 N–H and O–H groups in total. The molecule has 82 valence electrons. The number of rotatable bonds is 3. The summed E-state index contributed by atoms with van der Waals surface area (Å²) < 4.78 is 0. The Morgan fingerprint density at radius 3 is 2.60 bits per heavy atom. The third-order valence-electron chi connectivity index (χ3n) is 3.42. The van der Waals surface area contributed by atoms with E-state index in [1.807, 2.05) is 6.07 Å². The largest absolute Gasteiger partial charge is 0.0922 e. The van der Waals surface area contributed by atoms with Crippen molar-refractivity contribution >= 4 is 27.5 Å². The normalized spacial score (nSPS) is 19.3. The summed E-state index contributed by atoms with van der Waals surface area (Å²) in [5.41, 5.74) is 1.87. The van der Waals surface area contributed by atoms with Crippen molar-refractivity contribution in [2.24, 2.45) is 5.41 Å². The van der Waals surface area contributed by atoms with E-state index < -0.39 is 0 Å².